The largest absolute Gasteiger partial charge is 0.381 e. The van der Waals surface area contributed by atoms with E-state index in [2.05, 4.69) is 18.0 Å². The van der Waals surface area contributed by atoms with Gasteiger partial charge in [0, 0.05) is 25.5 Å². The fourth-order valence-electron chi connectivity index (χ4n) is 1.60. The molecule has 1 aliphatic heterocycles. The van der Waals surface area contributed by atoms with E-state index in [1.807, 2.05) is 6.92 Å². The summed E-state index contributed by atoms with van der Waals surface area (Å²) in [6.45, 7) is 7.68. The van der Waals surface area contributed by atoms with E-state index < -0.39 is 5.54 Å². The lowest BCUT2D eigenvalue weighted by Gasteiger charge is -2.37. The van der Waals surface area contributed by atoms with Gasteiger partial charge >= 0.3 is 0 Å². The third-order valence-electron chi connectivity index (χ3n) is 2.61. The molecule has 1 aliphatic rings. The Kier molecular flexibility index (Phi) is 3.47. The Balaban J connectivity index is 2.65. The van der Waals surface area contributed by atoms with E-state index in [4.69, 9.17) is 10.00 Å². The standard InChI is InChI=1S/C10H16N2O/c1-3-5-12-10(8-11)4-6-13-7-9(10)2/h3,9,12H,1,4-7H2,2H3. The van der Waals surface area contributed by atoms with Crippen molar-refractivity contribution in [2.75, 3.05) is 19.8 Å². The van der Waals surface area contributed by atoms with Crippen molar-refractivity contribution in [1.29, 1.82) is 5.26 Å². The molecule has 0 amide bonds. The summed E-state index contributed by atoms with van der Waals surface area (Å²) in [5, 5.41) is 12.4. The van der Waals surface area contributed by atoms with E-state index in [1.165, 1.54) is 0 Å². The Hall–Kier alpha value is -0.850. The van der Waals surface area contributed by atoms with Gasteiger partial charge in [0.1, 0.15) is 5.54 Å². The van der Waals surface area contributed by atoms with Crippen LogP contribution >= 0.6 is 0 Å². The van der Waals surface area contributed by atoms with E-state index in [-0.39, 0.29) is 5.92 Å². The first-order valence-corrected chi connectivity index (χ1v) is 4.60. The number of nitrogens with zero attached hydrogens (tertiary/aromatic N) is 1. The summed E-state index contributed by atoms with van der Waals surface area (Å²) in [4.78, 5) is 0. The van der Waals surface area contributed by atoms with Crippen molar-refractivity contribution in [3.63, 3.8) is 0 Å². The summed E-state index contributed by atoms with van der Waals surface area (Å²) in [5.41, 5.74) is -0.410. The first-order valence-electron chi connectivity index (χ1n) is 4.60. The van der Waals surface area contributed by atoms with Crippen LogP contribution < -0.4 is 5.32 Å². The molecule has 0 saturated carbocycles. The average molecular weight is 180 g/mol. The normalized spacial score (nSPS) is 33.7. The molecule has 0 bridgehead atoms. The van der Waals surface area contributed by atoms with Crippen molar-refractivity contribution in [2.24, 2.45) is 5.92 Å². The van der Waals surface area contributed by atoms with Crippen LogP contribution in [0, 0.1) is 17.2 Å². The van der Waals surface area contributed by atoms with Gasteiger partial charge in [-0.1, -0.05) is 13.0 Å². The highest BCUT2D eigenvalue weighted by molar-refractivity contribution is 5.11. The summed E-state index contributed by atoms with van der Waals surface area (Å²) >= 11 is 0. The molecular weight excluding hydrogens is 164 g/mol. The molecule has 3 nitrogen and oxygen atoms in total. The molecule has 2 atom stereocenters. The highest BCUT2D eigenvalue weighted by Gasteiger charge is 2.38. The van der Waals surface area contributed by atoms with Gasteiger partial charge in [-0.25, -0.2) is 0 Å². The number of ether oxygens (including phenoxy) is 1. The van der Waals surface area contributed by atoms with E-state index in [0.29, 0.717) is 19.8 Å². The number of hydrogen-bond acceptors (Lipinski definition) is 3. The summed E-state index contributed by atoms with van der Waals surface area (Å²) in [7, 11) is 0. The number of hydrogen-bond donors (Lipinski definition) is 1. The zero-order valence-electron chi connectivity index (χ0n) is 8.05. The lowest BCUT2D eigenvalue weighted by Crippen LogP contribution is -2.54. The van der Waals surface area contributed by atoms with Gasteiger partial charge in [-0.05, 0) is 0 Å². The molecule has 1 saturated heterocycles. The Labute approximate surface area is 79.4 Å². The number of rotatable bonds is 3. The first-order chi connectivity index (χ1) is 6.25. The molecule has 0 aliphatic carbocycles. The maximum atomic E-state index is 9.14. The minimum absolute atomic E-state index is 0.242. The molecule has 3 heteroatoms. The van der Waals surface area contributed by atoms with E-state index >= 15 is 0 Å². The zero-order chi connectivity index (χ0) is 9.73. The molecule has 0 aromatic carbocycles. The van der Waals surface area contributed by atoms with Crippen molar-refractivity contribution in [2.45, 2.75) is 18.9 Å². The highest BCUT2D eigenvalue weighted by Crippen LogP contribution is 2.25. The summed E-state index contributed by atoms with van der Waals surface area (Å²) in [6.07, 6.45) is 2.54. The molecule has 2 unspecified atom stereocenters. The van der Waals surface area contributed by atoms with Gasteiger partial charge < -0.3 is 4.74 Å². The Morgan fingerprint density at radius 2 is 2.62 bits per heavy atom. The predicted molar refractivity (Wildman–Crippen MR) is 51.1 cm³/mol. The summed E-state index contributed by atoms with van der Waals surface area (Å²) < 4.78 is 5.30. The van der Waals surface area contributed by atoms with Crippen molar-refractivity contribution < 1.29 is 4.74 Å². The van der Waals surface area contributed by atoms with Crippen molar-refractivity contribution >= 4 is 0 Å². The van der Waals surface area contributed by atoms with Gasteiger partial charge in [0.2, 0.25) is 0 Å². The molecule has 0 aromatic heterocycles. The van der Waals surface area contributed by atoms with Gasteiger partial charge in [0.15, 0.2) is 0 Å². The minimum Gasteiger partial charge on any atom is -0.381 e. The maximum Gasteiger partial charge on any atom is 0.113 e. The third-order valence-corrected chi connectivity index (χ3v) is 2.61. The van der Waals surface area contributed by atoms with Crippen LogP contribution in [0.3, 0.4) is 0 Å². The predicted octanol–water partition coefficient (Wildman–Crippen LogP) is 1.08. The van der Waals surface area contributed by atoms with Crippen LogP contribution in [0.1, 0.15) is 13.3 Å². The molecule has 1 rings (SSSR count). The van der Waals surface area contributed by atoms with Gasteiger partial charge in [-0.3, -0.25) is 5.32 Å². The first kappa shape index (κ1) is 10.2. The Morgan fingerprint density at radius 1 is 1.85 bits per heavy atom. The van der Waals surface area contributed by atoms with Crippen LogP contribution in [0.15, 0.2) is 12.7 Å². The summed E-state index contributed by atoms with van der Waals surface area (Å²) in [5.74, 6) is 0.242. The van der Waals surface area contributed by atoms with Crippen LogP contribution in [0.25, 0.3) is 0 Å². The fraction of sp³-hybridized carbons (Fsp3) is 0.700. The van der Waals surface area contributed by atoms with E-state index in [9.17, 15) is 0 Å². The van der Waals surface area contributed by atoms with Crippen molar-refractivity contribution in [1.82, 2.24) is 5.32 Å². The highest BCUT2D eigenvalue weighted by atomic mass is 16.5. The molecule has 0 radical (unpaired) electrons. The van der Waals surface area contributed by atoms with Gasteiger partial charge in [-0.15, -0.1) is 6.58 Å². The third kappa shape index (κ3) is 2.09. The molecule has 1 fully saturated rings. The quantitative estimate of drug-likeness (QED) is 0.661. The summed E-state index contributed by atoms with van der Waals surface area (Å²) in [6, 6.07) is 2.36. The topological polar surface area (TPSA) is 45.0 Å². The molecule has 1 N–H and O–H groups in total. The van der Waals surface area contributed by atoms with Crippen LogP contribution in [0.4, 0.5) is 0 Å². The van der Waals surface area contributed by atoms with E-state index in [1.54, 1.807) is 6.08 Å². The van der Waals surface area contributed by atoms with Gasteiger partial charge in [-0.2, -0.15) is 5.26 Å². The zero-order valence-corrected chi connectivity index (χ0v) is 8.05. The van der Waals surface area contributed by atoms with Crippen LogP contribution in [-0.2, 0) is 4.74 Å². The monoisotopic (exact) mass is 180 g/mol. The molecular formula is C10H16N2O. The molecule has 13 heavy (non-hydrogen) atoms. The second kappa shape index (κ2) is 4.40. The van der Waals surface area contributed by atoms with Crippen LogP contribution in [-0.4, -0.2) is 25.3 Å². The van der Waals surface area contributed by atoms with Crippen molar-refractivity contribution in [3.05, 3.63) is 12.7 Å². The molecule has 1 heterocycles. The Morgan fingerprint density at radius 3 is 3.15 bits per heavy atom. The average Bonchev–Trinajstić information content (AvgIpc) is 2.17. The molecule has 0 spiro atoms. The molecule has 0 aromatic rings. The lowest BCUT2D eigenvalue weighted by molar-refractivity contribution is 0.0166. The molecule has 72 valence electrons. The number of nitriles is 1. The lowest BCUT2D eigenvalue weighted by atomic mass is 9.82. The van der Waals surface area contributed by atoms with Crippen molar-refractivity contribution in [3.8, 4) is 6.07 Å². The van der Waals surface area contributed by atoms with Gasteiger partial charge in [0.05, 0.1) is 12.7 Å². The minimum atomic E-state index is -0.410. The number of nitrogens with one attached hydrogen (secondary N) is 1. The Bertz CT molecular complexity index is 221. The van der Waals surface area contributed by atoms with Crippen LogP contribution in [0.5, 0.6) is 0 Å². The maximum absolute atomic E-state index is 9.14. The second-order valence-corrected chi connectivity index (χ2v) is 3.48. The smallest absolute Gasteiger partial charge is 0.113 e. The van der Waals surface area contributed by atoms with E-state index in [0.717, 1.165) is 6.42 Å². The fourth-order valence-corrected chi connectivity index (χ4v) is 1.60. The SMILES string of the molecule is C=CCNC1(C#N)CCOCC1C. The van der Waals surface area contributed by atoms with Gasteiger partial charge in [0.25, 0.3) is 0 Å². The second-order valence-electron chi connectivity index (χ2n) is 3.48. The van der Waals surface area contributed by atoms with Crippen LogP contribution in [0.2, 0.25) is 0 Å².